The van der Waals surface area contributed by atoms with Gasteiger partial charge in [-0.25, -0.2) is 5.43 Å². The predicted octanol–water partition coefficient (Wildman–Crippen LogP) is 5.75. The maximum atomic E-state index is 12.6. The smallest absolute Gasteiger partial charge is 0.272 e. The SMILES string of the molecule is C/C(=N/NC(=O)c1csc2c1CCCC2)c1cccc(NC(=O)c2ccc(Cl)s2)c1. The highest BCUT2D eigenvalue weighted by molar-refractivity contribution is 7.18. The lowest BCUT2D eigenvalue weighted by Gasteiger charge is -2.12. The monoisotopic (exact) mass is 457 g/mol. The first-order valence-electron chi connectivity index (χ1n) is 9.62. The van der Waals surface area contributed by atoms with Gasteiger partial charge in [-0.1, -0.05) is 23.7 Å². The van der Waals surface area contributed by atoms with Gasteiger partial charge in [0.1, 0.15) is 0 Å². The number of benzene rings is 1. The molecule has 30 heavy (non-hydrogen) atoms. The van der Waals surface area contributed by atoms with E-state index in [0.29, 0.717) is 20.6 Å². The van der Waals surface area contributed by atoms with Gasteiger partial charge < -0.3 is 5.32 Å². The first kappa shape index (κ1) is 20.8. The summed E-state index contributed by atoms with van der Waals surface area (Å²) in [5.41, 5.74) is 6.70. The fraction of sp³-hybridized carbons (Fsp3) is 0.227. The van der Waals surface area contributed by atoms with Crippen LogP contribution in [0.3, 0.4) is 0 Å². The molecule has 0 saturated heterocycles. The largest absolute Gasteiger partial charge is 0.321 e. The molecular formula is C22H20ClN3O2S2. The molecule has 1 aliphatic rings. The molecule has 2 N–H and O–H groups in total. The quantitative estimate of drug-likeness (QED) is 0.378. The minimum absolute atomic E-state index is 0.173. The average molecular weight is 458 g/mol. The molecular weight excluding hydrogens is 438 g/mol. The highest BCUT2D eigenvalue weighted by Crippen LogP contribution is 2.30. The fourth-order valence-corrected chi connectivity index (χ4v) is 5.46. The van der Waals surface area contributed by atoms with E-state index in [1.54, 1.807) is 29.5 Å². The molecule has 2 aromatic heterocycles. The second-order valence-electron chi connectivity index (χ2n) is 7.04. The summed E-state index contributed by atoms with van der Waals surface area (Å²) in [7, 11) is 0. The summed E-state index contributed by atoms with van der Waals surface area (Å²) < 4.78 is 0.569. The number of nitrogens with zero attached hydrogens (tertiary/aromatic N) is 1. The molecule has 154 valence electrons. The zero-order chi connectivity index (χ0) is 21.1. The van der Waals surface area contributed by atoms with Gasteiger partial charge in [0.25, 0.3) is 11.8 Å². The van der Waals surface area contributed by atoms with Crippen molar-refractivity contribution in [3.05, 3.63) is 72.6 Å². The van der Waals surface area contributed by atoms with E-state index in [1.807, 2.05) is 30.5 Å². The van der Waals surface area contributed by atoms with Crippen molar-refractivity contribution in [3.8, 4) is 0 Å². The van der Waals surface area contributed by atoms with Crippen molar-refractivity contribution in [2.75, 3.05) is 5.32 Å². The fourth-order valence-electron chi connectivity index (χ4n) is 3.39. The van der Waals surface area contributed by atoms with Crippen molar-refractivity contribution in [3.63, 3.8) is 0 Å². The number of carbonyl (C=O) groups excluding carboxylic acids is 2. The summed E-state index contributed by atoms with van der Waals surface area (Å²) in [6.07, 6.45) is 4.34. The number of hydrogen-bond donors (Lipinski definition) is 2. The lowest BCUT2D eigenvalue weighted by molar-refractivity contribution is 0.0953. The Bertz CT molecular complexity index is 1130. The molecule has 0 atom stereocenters. The second-order valence-corrected chi connectivity index (χ2v) is 9.71. The number of hydrazone groups is 1. The van der Waals surface area contributed by atoms with Gasteiger partial charge in [0.05, 0.1) is 20.5 Å². The lowest BCUT2D eigenvalue weighted by atomic mass is 9.96. The summed E-state index contributed by atoms with van der Waals surface area (Å²) in [6, 6.07) is 10.7. The van der Waals surface area contributed by atoms with E-state index in [2.05, 4.69) is 15.8 Å². The minimum atomic E-state index is -0.214. The van der Waals surface area contributed by atoms with Crippen molar-refractivity contribution in [1.82, 2.24) is 5.43 Å². The molecule has 0 fully saturated rings. The van der Waals surface area contributed by atoms with Crippen LogP contribution in [0.5, 0.6) is 0 Å². The molecule has 0 saturated carbocycles. The summed E-state index contributed by atoms with van der Waals surface area (Å²) in [6.45, 7) is 1.82. The molecule has 0 spiro atoms. The number of nitrogens with one attached hydrogen (secondary N) is 2. The van der Waals surface area contributed by atoms with Gasteiger partial charge in [0.2, 0.25) is 0 Å². The maximum absolute atomic E-state index is 12.6. The topological polar surface area (TPSA) is 70.6 Å². The number of amides is 2. The van der Waals surface area contributed by atoms with E-state index >= 15 is 0 Å². The van der Waals surface area contributed by atoms with E-state index in [1.165, 1.54) is 28.2 Å². The number of fused-ring (bicyclic) bond motifs is 1. The van der Waals surface area contributed by atoms with E-state index in [4.69, 9.17) is 11.6 Å². The first-order chi connectivity index (χ1) is 14.5. The zero-order valence-corrected chi connectivity index (χ0v) is 18.7. The molecule has 0 radical (unpaired) electrons. The van der Waals surface area contributed by atoms with Crippen molar-refractivity contribution < 1.29 is 9.59 Å². The van der Waals surface area contributed by atoms with E-state index in [0.717, 1.165) is 30.4 Å². The molecule has 3 aromatic rings. The standard InChI is InChI=1S/C22H20ClN3O2S2/c1-13(25-26-21(27)17-12-29-18-8-3-2-7-16(17)18)14-5-4-6-15(11-14)24-22(28)19-9-10-20(23)30-19/h4-6,9-12H,2-3,7-8H2,1H3,(H,24,28)(H,26,27)/b25-13-. The van der Waals surface area contributed by atoms with Crippen molar-refractivity contribution in [2.24, 2.45) is 5.10 Å². The molecule has 0 bridgehead atoms. The first-order valence-corrected chi connectivity index (χ1v) is 11.7. The third-order valence-corrected chi connectivity index (χ3v) is 7.28. The summed E-state index contributed by atoms with van der Waals surface area (Å²) in [4.78, 5) is 26.8. The van der Waals surface area contributed by atoms with E-state index in [-0.39, 0.29) is 11.8 Å². The molecule has 2 heterocycles. The van der Waals surface area contributed by atoms with Gasteiger partial charge in [-0.2, -0.15) is 5.10 Å². The Morgan fingerprint density at radius 3 is 2.73 bits per heavy atom. The van der Waals surface area contributed by atoms with Crippen LogP contribution < -0.4 is 10.7 Å². The normalized spacial score (nSPS) is 13.6. The number of anilines is 1. The molecule has 5 nitrogen and oxygen atoms in total. The van der Waals surface area contributed by atoms with Crippen LogP contribution in [0.4, 0.5) is 5.69 Å². The number of hydrogen-bond acceptors (Lipinski definition) is 5. The van der Waals surface area contributed by atoms with Crippen LogP contribution in [0.25, 0.3) is 0 Å². The second kappa shape index (κ2) is 9.12. The highest BCUT2D eigenvalue weighted by atomic mass is 35.5. The third-order valence-electron chi connectivity index (χ3n) is 4.97. The molecule has 0 unspecified atom stereocenters. The van der Waals surface area contributed by atoms with Crippen LogP contribution in [0.15, 0.2) is 46.9 Å². The Hall–Kier alpha value is -2.48. The van der Waals surface area contributed by atoms with Crippen LogP contribution in [0.1, 0.15) is 55.8 Å². The summed E-state index contributed by atoms with van der Waals surface area (Å²) in [5, 5.41) is 9.07. The number of carbonyl (C=O) groups is 2. The molecule has 8 heteroatoms. The van der Waals surface area contributed by atoms with Crippen molar-refractivity contribution >= 4 is 57.5 Å². The molecule has 4 rings (SSSR count). The van der Waals surface area contributed by atoms with Gasteiger partial charge in [0.15, 0.2) is 0 Å². The van der Waals surface area contributed by atoms with Crippen LogP contribution in [0.2, 0.25) is 4.34 Å². The minimum Gasteiger partial charge on any atom is -0.321 e. The van der Waals surface area contributed by atoms with Gasteiger partial charge in [-0.15, -0.1) is 22.7 Å². The molecule has 2 amide bonds. The van der Waals surface area contributed by atoms with Crippen molar-refractivity contribution in [2.45, 2.75) is 32.6 Å². The Balaban J connectivity index is 1.44. The Morgan fingerprint density at radius 2 is 1.93 bits per heavy atom. The molecule has 0 aliphatic heterocycles. The third kappa shape index (κ3) is 4.64. The highest BCUT2D eigenvalue weighted by Gasteiger charge is 2.20. The van der Waals surface area contributed by atoms with Crippen LogP contribution in [-0.2, 0) is 12.8 Å². The van der Waals surface area contributed by atoms with E-state index in [9.17, 15) is 9.59 Å². The summed E-state index contributed by atoms with van der Waals surface area (Å²) >= 11 is 8.79. The Labute approximate surface area is 187 Å². The number of thiophene rings is 2. The Kier molecular flexibility index (Phi) is 6.32. The van der Waals surface area contributed by atoms with Crippen LogP contribution >= 0.6 is 34.3 Å². The lowest BCUT2D eigenvalue weighted by Crippen LogP contribution is -2.20. The number of rotatable bonds is 5. The Morgan fingerprint density at radius 1 is 1.10 bits per heavy atom. The van der Waals surface area contributed by atoms with E-state index < -0.39 is 0 Å². The van der Waals surface area contributed by atoms with Crippen LogP contribution in [-0.4, -0.2) is 17.5 Å². The predicted molar refractivity (Wildman–Crippen MR) is 124 cm³/mol. The average Bonchev–Trinajstić information content (AvgIpc) is 3.38. The molecule has 1 aliphatic carbocycles. The zero-order valence-electron chi connectivity index (χ0n) is 16.3. The maximum Gasteiger partial charge on any atom is 0.272 e. The van der Waals surface area contributed by atoms with Gasteiger partial charge in [0, 0.05) is 15.9 Å². The van der Waals surface area contributed by atoms with Crippen molar-refractivity contribution in [1.29, 1.82) is 0 Å². The van der Waals surface area contributed by atoms with Crippen LogP contribution in [0, 0.1) is 0 Å². The number of aryl methyl sites for hydroxylation is 1. The van der Waals surface area contributed by atoms with Gasteiger partial charge in [-0.05, 0) is 68.0 Å². The number of halogens is 1. The van der Waals surface area contributed by atoms with Gasteiger partial charge in [-0.3, -0.25) is 9.59 Å². The molecule has 1 aromatic carbocycles. The summed E-state index contributed by atoms with van der Waals surface area (Å²) in [5.74, 6) is -0.387. The van der Waals surface area contributed by atoms with Gasteiger partial charge >= 0.3 is 0 Å².